The van der Waals surface area contributed by atoms with E-state index < -0.39 is 18.5 Å². The maximum absolute atomic E-state index is 12.2. The highest BCUT2D eigenvalue weighted by Crippen LogP contribution is 2.37. The number of halogens is 2. The Hall–Kier alpha value is -2.11. The van der Waals surface area contributed by atoms with Gasteiger partial charge in [-0.15, -0.1) is 22.7 Å². The molecule has 0 aliphatic heterocycles. The van der Waals surface area contributed by atoms with Crippen LogP contribution < -0.4 is 5.32 Å². The third-order valence-corrected chi connectivity index (χ3v) is 5.85. The Bertz CT molecular complexity index is 1020. The van der Waals surface area contributed by atoms with Crippen molar-refractivity contribution in [2.75, 3.05) is 11.9 Å². The summed E-state index contributed by atoms with van der Waals surface area (Å²) >= 11 is 14.5. The van der Waals surface area contributed by atoms with Crippen LogP contribution in [0.3, 0.4) is 0 Å². The van der Waals surface area contributed by atoms with Crippen LogP contribution in [-0.2, 0) is 9.53 Å². The third kappa shape index (κ3) is 3.78. The minimum atomic E-state index is -0.691. The lowest BCUT2D eigenvalue weighted by Crippen LogP contribution is -2.20. The fourth-order valence-corrected chi connectivity index (χ4v) is 4.46. The highest BCUT2D eigenvalue weighted by Gasteiger charge is 2.20. The average molecular weight is 411 g/mol. The van der Waals surface area contributed by atoms with Gasteiger partial charge in [-0.25, -0.2) is 4.79 Å². The Kier molecular flexibility index (Phi) is 5.25. The number of thiophene rings is 2. The zero-order chi connectivity index (χ0) is 18.0. The molecule has 0 bridgehead atoms. The molecule has 0 fully saturated rings. The number of nitriles is 1. The quantitative estimate of drug-likeness (QED) is 0.617. The van der Waals surface area contributed by atoms with Crippen LogP contribution in [0.25, 0.3) is 10.1 Å². The number of benzene rings is 1. The Morgan fingerprint density at radius 1 is 1.28 bits per heavy atom. The minimum Gasteiger partial charge on any atom is -0.451 e. The lowest BCUT2D eigenvalue weighted by Gasteiger charge is -2.04. The topological polar surface area (TPSA) is 79.2 Å². The molecule has 2 heterocycles. The number of hydrogen-bond acceptors (Lipinski definition) is 6. The summed E-state index contributed by atoms with van der Waals surface area (Å²) in [6.07, 6.45) is 0. The summed E-state index contributed by atoms with van der Waals surface area (Å²) in [6, 6.07) is 8.66. The number of carbonyl (C=O) groups is 2. The van der Waals surface area contributed by atoms with Crippen LogP contribution in [0.15, 0.2) is 29.6 Å². The van der Waals surface area contributed by atoms with Gasteiger partial charge in [-0.3, -0.25) is 4.79 Å². The number of amides is 1. The summed E-state index contributed by atoms with van der Waals surface area (Å²) in [6.45, 7) is -0.479. The van der Waals surface area contributed by atoms with E-state index in [1.165, 1.54) is 11.3 Å². The molecule has 3 rings (SSSR count). The summed E-state index contributed by atoms with van der Waals surface area (Å²) in [5.74, 6) is -1.23. The van der Waals surface area contributed by atoms with Crippen LogP contribution in [0.4, 0.5) is 5.00 Å². The maximum Gasteiger partial charge on any atom is 0.350 e. The van der Waals surface area contributed by atoms with Gasteiger partial charge in [0.25, 0.3) is 5.91 Å². The molecule has 9 heteroatoms. The van der Waals surface area contributed by atoms with E-state index in [2.05, 4.69) is 5.32 Å². The molecule has 0 aliphatic carbocycles. The summed E-state index contributed by atoms with van der Waals surface area (Å²) in [4.78, 5) is 24.3. The van der Waals surface area contributed by atoms with E-state index >= 15 is 0 Å². The molecule has 1 aromatic carbocycles. The third-order valence-electron chi connectivity index (χ3n) is 3.15. The molecule has 1 amide bonds. The van der Waals surface area contributed by atoms with Gasteiger partial charge in [-0.05, 0) is 23.6 Å². The Morgan fingerprint density at radius 3 is 2.84 bits per heavy atom. The van der Waals surface area contributed by atoms with Crippen molar-refractivity contribution in [2.45, 2.75) is 0 Å². The van der Waals surface area contributed by atoms with Crippen molar-refractivity contribution >= 4 is 72.8 Å². The van der Waals surface area contributed by atoms with Crippen LogP contribution in [0, 0.1) is 11.3 Å². The van der Waals surface area contributed by atoms with Crippen molar-refractivity contribution in [3.63, 3.8) is 0 Å². The first-order valence-corrected chi connectivity index (χ1v) is 9.27. The highest BCUT2D eigenvalue weighted by molar-refractivity contribution is 7.21. The summed E-state index contributed by atoms with van der Waals surface area (Å²) < 4.78 is 5.77. The predicted octanol–water partition coefficient (Wildman–Crippen LogP) is 4.94. The molecule has 0 atom stereocenters. The summed E-state index contributed by atoms with van der Waals surface area (Å²) in [5.41, 5.74) is 0.356. The predicted molar refractivity (Wildman–Crippen MR) is 99.8 cm³/mol. The molecule has 1 N–H and O–H groups in total. The molecule has 3 aromatic rings. The van der Waals surface area contributed by atoms with Gasteiger partial charge in [0.2, 0.25) is 0 Å². The maximum atomic E-state index is 12.2. The Labute approximate surface area is 160 Å². The summed E-state index contributed by atoms with van der Waals surface area (Å²) in [5, 5.41) is 15.0. The van der Waals surface area contributed by atoms with E-state index in [4.69, 9.17) is 33.2 Å². The van der Waals surface area contributed by atoms with E-state index in [-0.39, 0.29) is 9.90 Å². The standard InChI is InChI=1S/C16H8Cl2N2O3S2/c17-9-1-2-10-11(5-9)25-14(13(10)18)16(22)23-7-12(21)20-15-8(6-19)3-4-24-15/h1-5H,7H2,(H,20,21). The second-order valence-corrected chi connectivity index (χ2v) is 7.57. The molecule has 0 unspecified atom stereocenters. The van der Waals surface area contributed by atoms with E-state index in [1.54, 1.807) is 29.6 Å². The molecule has 5 nitrogen and oxygen atoms in total. The first-order chi connectivity index (χ1) is 12.0. The number of esters is 1. The van der Waals surface area contributed by atoms with Crippen molar-refractivity contribution in [2.24, 2.45) is 0 Å². The van der Waals surface area contributed by atoms with E-state index in [1.807, 2.05) is 6.07 Å². The molecule has 2 aromatic heterocycles. The van der Waals surface area contributed by atoms with Crippen molar-refractivity contribution in [3.8, 4) is 6.07 Å². The van der Waals surface area contributed by atoms with Gasteiger partial charge in [0, 0.05) is 15.1 Å². The second kappa shape index (κ2) is 7.42. The van der Waals surface area contributed by atoms with Gasteiger partial charge >= 0.3 is 5.97 Å². The molecule has 126 valence electrons. The molecule has 0 aliphatic rings. The largest absolute Gasteiger partial charge is 0.451 e. The van der Waals surface area contributed by atoms with Crippen LogP contribution in [0.5, 0.6) is 0 Å². The Morgan fingerprint density at radius 2 is 2.08 bits per heavy atom. The number of rotatable bonds is 4. The van der Waals surface area contributed by atoms with Crippen LogP contribution in [0.1, 0.15) is 15.2 Å². The number of nitrogens with one attached hydrogen (secondary N) is 1. The monoisotopic (exact) mass is 410 g/mol. The van der Waals surface area contributed by atoms with Crippen molar-refractivity contribution in [1.29, 1.82) is 5.26 Å². The van der Waals surface area contributed by atoms with E-state index in [0.717, 1.165) is 16.0 Å². The van der Waals surface area contributed by atoms with Gasteiger partial charge in [-0.2, -0.15) is 5.26 Å². The van der Waals surface area contributed by atoms with Gasteiger partial charge in [0.15, 0.2) is 6.61 Å². The fraction of sp³-hybridized carbons (Fsp3) is 0.0625. The average Bonchev–Trinajstić information content (AvgIpc) is 3.16. The van der Waals surface area contributed by atoms with Crippen molar-refractivity contribution in [1.82, 2.24) is 0 Å². The van der Waals surface area contributed by atoms with Crippen molar-refractivity contribution < 1.29 is 14.3 Å². The number of nitrogens with zero attached hydrogens (tertiary/aromatic N) is 1. The zero-order valence-electron chi connectivity index (χ0n) is 12.3. The van der Waals surface area contributed by atoms with Gasteiger partial charge in [0.1, 0.15) is 15.9 Å². The number of hydrogen-bond donors (Lipinski definition) is 1. The van der Waals surface area contributed by atoms with E-state index in [9.17, 15) is 9.59 Å². The molecule has 0 spiro atoms. The van der Waals surface area contributed by atoms with Gasteiger partial charge < -0.3 is 10.1 Å². The normalized spacial score (nSPS) is 10.4. The number of fused-ring (bicyclic) bond motifs is 1. The van der Waals surface area contributed by atoms with Gasteiger partial charge in [-0.1, -0.05) is 29.3 Å². The number of carbonyl (C=O) groups excluding carboxylic acids is 2. The number of ether oxygens (including phenoxy) is 1. The first-order valence-electron chi connectivity index (χ1n) is 6.81. The highest BCUT2D eigenvalue weighted by atomic mass is 35.5. The molecule has 0 radical (unpaired) electrons. The number of anilines is 1. The lowest BCUT2D eigenvalue weighted by atomic mass is 10.2. The Balaban J connectivity index is 1.68. The second-order valence-electron chi connectivity index (χ2n) is 4.79. The fourth-order valence-electron chi connectivity index (χ4n) is 2.02. The van der Waals surface area contributed by atoms with Gasteiger partial charge in [0.05, 0.1) is 10.6 Å². The van der Waals surface area contributed by atoms with Crippen molar-refractivity contribution in [3.05, 3.63) is 50.1 Å². The van der Waals surface area contributed by atoms with Crippen LogP contribution in [0.2, 0.25) is 10.0 Å². The first kappa shape index (κ1) is 17.7. The lowest BCUT2D eigenvalue weighted by molar-refractivity contribution is -0.119. The van der Waals surface area contributed by atoms with Crippen LogP contribution >= 0.6 is 45.9 Å². The smallest absolute Gasteiger partial charge is 0.350 e. The summed E-state index contributed by atoms with van der Waals surface area (Å²) in [7, 11) is 0. The molecular formula is C16H8Cl2N2O3S2. The SMILES string of the molecule is N#Cc1ccsc1NC(=O)COC(=O)c1sc2cc(Cl)ccc2c1Cl. The van der Waals surface area contributed by atoms with E-state index in [0.29, 0.717) is 21.0 Å². The molecular weight excluding hydrogens is 403 g/mol. The molecule has 25 heavy (non-hydrogen) atoms. The molecule has 0 saturated carbocycles. The molecule has 0 saturated heterocycles. The van der Waals surface area contributed by atoms with Crippen LogP contribution in [-0.4, -0.2) is 18.5 Å². The minimum absolute atomic E-state index is 0.209. The zero-order valence-corrected chi connectivity index (χ0v) is 15.5.